The molecular weight excluding hydrogens is 316 g/mol. The predicted octanol–water partition coefficient (Wildman–Crippen LogP) is 2.75. The van der Waals surface area contributed by atoms with Crippen molar-refractivity contribution in [3.8, 4) is 5.75 Å². The quantitative estimate of drug-likeness (QED) is 0.905. The lowest BCUT2D eigenvalue weighted by Crippen LogP contribution is -2.40. The zero-order chi connectivity index (χ0) is 16.2. The molecule has 5 nitrogen and oxygen atoms in total. The summed E-state index contributed by atoms with van der Waals surface area (Å²) in [7, 11) is 0. The number of nitrogens with one attached hydrogen (secondary N) is 2. The highest BCUT2D eigenvalue weighted by molar-refractivity contribution is 6.31. The van der Waals surface area contributed by atoms with E-state index in [4.69, 9.17) is 16.3 Å². The maximum absolute atomic E-state index is 12.0. The molecule has 0 saturated heterocycles. The van der Waals surface area contributed by atoms with E-state index in [1.54, 1.807) is 24.3 Å². The van der Waals surface area contributed by atoms with Gasteiger partial charge in [0.05, 0.1) is 12.1 Å². The van der Waals surface area contributed by atoms with Crippen LogP contribution in [0.3, 0.4) is 0 Å². The normalized spacial score (nSPS) is 16.0. The van der Waals surface area contributed by atoms with Crippen molar-refractivity contribution >= 4 is 29.1 Å². The monoisotopic (exact) mass is 330 g/mol. The number of benzene rings is 2. The zero-order valence-electron chi connectivity index (χ0n) is 12.2. The van der Waals surface area contributed by atoms with Crippen molar-refractivity contribution in [3.63, 3.8) is 0 Å². The molecule has 1 aliphatic rings. The second-order valence-electron chi connectivity index (χ2n) is 5.16. The summed E-state index contributed by atoms with van der Waals surface area (Å²) in [6.45, 7) is 0.309. The van der Waals surface area contributed by atoms with Gasteiger partial charge in [0.1, 0.15) is 5.75 Å². The van der Waals surface area contributed by atoms with Crippen molar-refractivity contribution < 1.29 is 14.3 Å². The van der Waals surface area contributed by atoms with Crippen molar-refractivity contribution in [1.29, 1.82) is 0 Å². The lowest BCUT2D eigenvalue weighted by Gasteiger charge is -2.25. The molecule has 0 radical (unpaired) electrons. The third-order valence-corrected chi connectivity index (χ3v) is 3.88. The third-order valence-electron chi connectivity index (χ3n) is 3.51. The Balaban J connectivity index is 1.58. The molecular formula is C17H15ClN2O3. The van der Waals surface area contributed by atoms with Gasteiger partial charge in [0.25, 0.3) is 5.91 Å². The molecule has 1 aliphatic heterocycles. The van der Waals surface area contributed by atoms with Gasteiger partial charge < -0.3 is 15.4 Å². The number of ether oxygens (including phenoxy) is 1. The molecule has 23 heavy (non-hydrogen) atoms. The number of anilines is 1. The highest BCUT2D eigenvalue weighted by atomic mass is 35.5. The maximum Gasteiger partial charge on any atom is 0.266 e. The van der Waals surface area contributed by atoms with Gasteiger partial charge >= 0.3 is 0 Å². The van der Waals surface area contributed by atoms with E-state index in [0.29, 0.717) is 23.0 Å². The minimum absolute atomic E-state index is 0.0510. The molecule has 0 aromatic heterocycles. The predicted molar refractivity (Wildman–Crippen MR) is 87.4 cm³/mol. The van der Waals surface area contributed by atoms with Crippen LogP contribution in [0.15, 0.2) is 48.5 Å². The van der Waals surface area contributed by atoms with Gasteiger partial charge in [-0.25, -0.2) is 0 Å². The number of para-hydroxylation sites is 2. The molecule has 1 atom stereocenters. The van der Waals surface area contributed by atoms with Crippen molar-refractivity contribution in [2.75, 3.05) is 5.32 Å². The first-order valence-corrected chi connectivity index (χ1v) is 7.58. The van der Waals surface area contributed by atoms with E-state index in [0.717, 1.165) is 5.56 Å². The topological polar surface area (TPSA) is 67.4 Å². The molecule has 118 valence electrons. The van der Waals surface area contributed by atoms with Crippen LogP contribution in [0.25, 0.3) is 0 Å². The van der Waals surface area contributed by atoms with Crippen LogP contribution in [0.4, 0.5) is 5.69 Å². The van der Waals surface area contributed by atoms with Gasteiger partial charge in [0, 0.05) is 11.6 Å². The molecule has 0 unspecified atom stereocenters. The van der Waals surface area contributed by atoms with Gasteiger partial charge in [-0.1, -0.05) is 41.9 Å². The van der Waals surface area contributed by atoms with Crippen LogP contribution in [0.1, 0.15) is 12.0 Å². The number of amides is 2. The number of halogens is 1. The lowest BCUT2D eigenvalue weighted by atomic mass is 10.1. The van der Waals surface area contributed by atoms with Crippen LogP contribution in [0, 0.1) is 0 Å². The number of fused-ring (bicyclic) bond motifs is 1. The molecule has 0 saturated carbocycles. The van der Waals surface area contributed by atoms with E-state index in [2.05, 4.69) is 10.6 Å². The van der Waals surface area contributed by atoms with E-state index in [1.165, 1.54) is 0 Å². The van der Waals surface area contributed by atoms with Crippen LogP contribution in [0.2, 0.25) is 5.02 Å². The highest BCUT2D eigenvalue weighted by Gasteiger charge is 2.29. The van der Waals surface area contributed by atoms with Crippen LogP contribution in [0.5, 0.6) is 5.75 Å². The molecule has 1 heterocycles. The van der Waals surface area contributed by atoms with Gasteiger partial charge in [-0.2, -0.15) is 0 Å². The summed E-state index contributed by atoms with van der Waals surface area (Å²) >= 11 is 6.04. The van der Waals surface area contributed by atoms with Gasteiger partial charge in [-0.05, 0) is 23.8 Å². The Morgan fingerprint density at radius 2 is 1.91 bits per heavy atom. The Morgan fingerprint density at radius 3 is 2.74 bits per heavy atom. The lowest BCUT2D eigenvalue weighted by molar-refractivity contribution is -0.130. The van der Waals surface area contributed by atoms with Crippen molar-refractivity contribution in [2.45, 2.75) is 19.1 Å². The fourth-order valence-corrected chi connectivity index (χ4v) is 2.51. The first-order valence-electron chi connectivity index (χ1n) is 7.20. The summed E-state index contributed by atoms with van der Waals surface area (Å²) in [5.74, 6) is -0.0305. The molecule has 0 spiro atoms. The number of rotatable bonds is 4. The number of hydrogen-bond acceptors (Lipinski definition) is 3. The SMILES string of the molecule is O=C(C[C@@H]1Oc2ccccc2NC1=O)NCc1ccccc1Cl. The van der Waals surface area contributed by atoms with Gasteiger partial charge in [-0.15, -0.1) is 0 Å². The fourth-order valence-electron chi connectivity index (χ4n) is 2.30. The van der Waals surface area contributed by atoms with Crippen molar-refractivity contribution in [3.05, 3.63) is 59.1 Å². The second kappa shape index (κ2) is 6.71. The molecule has 0 fully saturated rings. The summed E-state index contributed by atoms with van der Waals surface area (Å²) in [5.41, 5.74) is 1.44. The second-order valence-corrected chi connectivity index (χ2v) is 5.57. The summed E-state index contributed by atoms with van der Waals surface area (Å²) < 4.78 is 5.59. The Kier molecular flexibility index (Phi) is 4.48. The maximum atomic E-state index is 12.0. The molecule has 2 aromatic rings. The Labute approximate surface area is 138 Å². The number of carbonyl (C=O) groups is 2. The Morgan fingerprint density at radius 1 is 1.17 bits per heavy atom. The van der Waals surface area contributed by atoms with Gasteiger partial charge in [-0.3, -0.25) is 9.59 Å². The molecule has 0 bridgehead atoms. The van der Waals surface area contributed by atoms with Crippen LogP contribution >= 0.6 is 11.6 Å². The summed E-state index contributed by atoms with van der Waals surface area (Å²) in [5, 5.41) is 6.07. The van der Waals surface area contributed by atoms with Crippen LogP contribution in [-0.2, 0) is 16.1 Å². The highest BCUT2D eigenvalue weighted by Crippen LogP contribution is 2.29. The molecule has 3 rings (SSSR count). The Hall–Kier alpha value is -2.53. The van der Waals surface area contributed by atoms with Crippen LogP contribution in [-0.4, -0.2) is 17.9 Å². The summed E-state index contributed by atoms with van der Waals surface area (Å²) in [4.78, 5) is 24.0. The average molecular weight is 331 g/mol. The van der Waals surface area contributed by atoms with E-state index in [-0.39, 0.29) is 18.2 Å². The molecule has 2 amide bonds. The zero-order valence-corrected chi connectivity index (χ0v) is 13.0. The molecule has 2 aromatic carbocycles. The molecule has 2 N–H and O–H groups in total. The third kappa shape index (κ3) is 3.63. The first-order chi connectivity index (χ1) is 11.1. The molecule has 6 heteroatoms. The fraction of sp³-hybridized carbons (Fsp3) is 0.176. The number of hydrogen-bond donors (Lipinski definition) is 2. The van der Waals surface area contributed by atoms with Gasteiger partial charge in [0.2, 0.25) is 5.91 Å². The minimum atomic E-state index is -0.837. The van der Waals surface area contributed by atoms with E-state index in [1.807, 2.05) is 24.3 Å². The average Bonchev–Trinajstić information content (AvgIpc) is 2.55. The largest absolute Gasteiger partial charge is 0.478 e. The molecule has 0 aliphatic carbocycles. The van der Waals surface area contributed by atoms with E-state index in [9.17, 15) is 9.59 Å². The van der Waals surface area contributed by atoms with E-state index < -0.39 is 6.10 Å². The summed E-state index contributed by atoms with van der Waals surface area (Å²) in [6, 6.07) is 14.4. The smallest absolute Gasteiger partial charge is 0.266 e. The standard InChI is InChI=1S/C17H15ClN2O3/c18-12-6-2-1-5-11(12)10-19-16(21)9-15-17(22)20-13-7-3-4-8-14(13)23-15/h1-8,15H,9-10H2,(H,19,21)(H,20,22)/t15-/m0/s1. The van der Waals surface area contributed by atoms with E-state index >= 15 is 0 Å². The van der Waals surface area contributed by atoms with Crippen molar-refractivity contribution in [2.24, 2.45) is 0 Å². The van der Waals surface area contributed by atoms with Crippen LogP contribution < -0.4 is 15.4 Å². The number of carbonyl (C=O) groups excluding carboxylic acids is 2. The first kappa shape index (κ1) is 15.4. The summed E-state index contributed by atoms with van der Waals surface area (Å²) in [6.07, 6.45) is -0.888. The van der Waals surface area contributed by atoms with Gasteiger partial charge in [0.15, 0.2) is 6.10 Å². The Bertz CT molecular complexity index is 748. The van der Waals surface area contributed by atoms with Crippen molar-refractivity contribution in [1.82, 2.24) is 5.32 Å². The minimum Gasteiger partial charge on any atom is -0.478 e.